The van der Waals surface area contributed by atoms with Crippen LogP contribution in [0.1, 0.15) is 38.3 Å². The summed E-state index contributed by atoms with van der Waals surface area (Å²) in [6.07, 6.45) is 8.81. The number of rotatable bonds is 5. The SMILES string of the molecule is CCCC1CCN(Cc2cnc(NN)cn2)CC1. The summed E-state index contributed by atoms with van der Waals surface area (Å²) in [6.45, 7) is 5.54. The predicted octanol–water partition coefficient (Wildman–Crippen LogP) is 1.77. The van der Waals surface area contributed by atoms with Gasteiger partial charge in [-0.25, -0.2) is 10.8 Å². The normalized spacial score (nSPS) is 17.9. The van der Waals surface area contributed by atoms with Crippen LogP contribution in [0.15, 0.2) is 12.4 Å². The van der Waals surface area contributed by atoms with Crippen molar-refractivity contribution in [3.8, 4) is 0 Å². The molecule has 1 aliphatic rings. The van der Waals surface area contributed by atoms with Gasteiger partial charge < -0.3 is 5.43 Å². The van der Waals surface area contributed by atoms with E-state index < -0.39 is 0 Å². The first-order valence-electron chi connectivity index (χ1n) is 6.81. The Hall–Kier alpha value is -1.20. The molecule has 1 aromatic rings. The molecular formula is C13H23N5. The Kier molecular flexibility index (Phi) is 4.90. The highest BCUT2D eigenvalue weighted by Gasteiger charge is 2.18. The van der Waals surface area contributed by atoms with E-state index in [-0.39, 0.29) is 0 Å². The standard InChI is InChI=1S/C13H23N5/c1-2-3-11-4-6-18(7-5-11)10-12-8-16-13(17-14)9-15-12/h8-9,11H,2-7,10,14H2,1H3,(H,16,17). The Morgan fingerprint density at radius 3 is 2.67 bits per heavy atom. The van der Waals surface area contributed by atoms with Gasteiger partial charge in [-0.15, -0.1) is 0 Å². The van der Waals surface area contributed by atoms with Crippen LogP contribution in [0.3, 0.4) is 0 Å². The lowest BCUT2D eigenvalue weighted by atomic mass is 9.92. The van der Waals surface area contributed by atoms with E-state index in [4.69, 9.17) is 5.84 Å². The summed E-state index contributed by atoms with van der Waals surface area (Å²) in [5, 5.41) is 0. The van der Waals surface area contributed by atoms with Crippen LogP contribution in [-0.2, 0) is 6.54 Å². The van der Waals surface area contributed by atoms with E-state index in [1.54, 1.807) is 12.4 Å². The minimum Gasteiger partial charge on any atom is -0.307 e. The van der Waals surface area contributed by atoms with Crippen molar-refractivity contribution in [3.05, 3.63) is 18.1 Å². The van der Waals surface area contributed by atoms with E-state index >= 15 is 0 Å². The molecule has 0 atom stereocenters. The van der Waals surface area contributed by atoms with Crippen molar-refractivity contribution in [2.75, 3.05) is 18.5 Å². The van der Waals surface area contributed by atoms with Gasteiger partial charge in [0, 0.05) is 6.54 Å². The van der Waals surface area contributed by atoms with Crippen molar-refractivity contribution in [1.82, 2.24) is 14.9 Å². The molecule has 5 nitrogen and oxygen atoms in total. The Balaban J connectivity index is 1.80. The van der Waals surface area contributed by atoms with E-state index in [1.807, 2.05) is 0 Å². The molecule has 2 heterocycles. The van der Waals surface area contributed by atoms with Gasteiger partial charge in [-0.3, -0.25) is 9.88 Å². The summed E-state index contributed by atoms with van der Waals surface area (Å²) in [7, 11) is 0. The number of aromatic nitrogens is 2. The smallest absolute Gasteiger partial charge is 0.158 e. The fourth-order valence-corrected chi connectivity index (χ4v) is 2.58. The molecule has 0 aromatic carbocycles. The second-order valence-corrected chi connectivity index (χ2v) is 5.05. The molecule has 2 rings (SSSR count). The molecule has 3 N–H and O–H groups in total. The van der Waals surface area contributed by atoms with Gasteiger partial charge in [0.1, 0.15) is 0 Å². The van der Waals surface area contributed by atoms with E-state index in [0.717, 1.165) is 18.2 Å². The maximum atomic E-state index is 5.26. The van der Waals surface area contributed by atoms with Crippen LogP contribution in [0.4, 0.5) is 5.82 Å². The van der Waals surface area contributed by atoms with Crippen LogP contribution in [0.2, 0.25) is 0 Å². The number of nitrogens with two attached hydrogens (primary N) is 1. The Labute approximate surface area is 109 Å². The van der Waals surface area contributed by atoms with E-state index in [0.29, 0.717) is 5.82 Å². The van der Waals surface area contributed by atoms with Crippen molar-refractivity contribution in [3.63, 3.8) is 0 Å². The van der Waals surface area contributed by atoms with E-state index in [1.165, 1.54) is 38.8 Å². The van der Waals surface area contributed by atoms with Gasteiger partial charge in [-0.1, -0.05) is 19.8 Å². The lowest BCUT2D eigenvalue weighted by Crippen LogP contribution is -2.33. The lowest BCUT2D eigenvalue weighted by molar-refractivity contribution is 0.170. The molecule has 5 heteroatoms. The first-order chi connectivity index (χ1) is 8.81. The van der Waals surface area contributed by atoms with Crippen LogP contribution < -0.4 is 11.3 Å². The molecule has 0 amide bonds. The molecule has 100 valence electrons. The van der Waals surface area contributed by atoms with Crippen molar-refractivity contribution in [2.24, 2.45) is 11.8 Å². The molecule has 0 spiro atoms. The number of likely N-dealkylation sites (tertiary alicyclic amines) is 1. The van der Waals surface area contributed by atoms with Crippen LogP contribution in [0.25, 0.3) is 0 Å². The summed E-state index contributed by atoms with van der Waals surface area (Å²) in [4.78, 5) is 11.0. The summed E-state index contributed by atoms with van der Waals surface area (Å²) >= 11 is 0. The van der Waals surface area contributed by atoms with Crippen molar-refractivity contribution in [1.29, 1.82) is 0 Å². The van der Waals surface area contributed by atoms with Crippen LogP contribution in [0, 0.1) is 5.92 Å². The first kappa shape index (κ1) is 13.2. The summed E-state index contributed by atoms with van der Waals surface area (Å²) < 4.78 is 0. The number of anilines is 1. The second-order valence-electron chi connectivity index (χ2n) is 5.05. The third kappa shape index (κ3) is 3.65. The number of nitrogens with zero attached hydrogens (tertiary/aromatic N) is 3. The van der Waals surface area contributed by atoms with Crippen molar-refractivity contribution >= 4 is 5.82 Å². The minimum absolute atomic E-state index is 0.611. The van der Waals surface area contributed by atoms with Crippen LogP contribution in [-0.4, -0.2) is 28.0 Å². The number of nitrogen functional groups attached to an aromatic ring is 1. The van der Waals surface area contributed by atoms with Crippen LogP contribution >= 0.6 is 0 Å². The zero-order chi connectivity index (χ0) is 12.8. The maximum absolute atomic E-state index is 5.26. The fraction of sp³-hybridized carbons (Fsp3) is 0.692. The highest BCUT2D eigenvalue weighted by molar-refractivity contribution is 5.28. The minimum atomic E-state index is 0.611. The molecule has 0 saturated carbocycles. The third-order valence-electron chi connectivity index (χ3n) is 3.64. The summed E-state index contributed by atoms with van der Waals surface area (Å²) in [5.41, 5.74) is 3.51. The van der Waals surface area contributed by atoms with Gasteiger partial charge in [0.25, 0.3) is 0 Å². The predicted molar refractivity (Wildman–Crippen MR) is 72.8 cm³/mol. The highest BCUT2D eigenvalue weighted by Crippen LogP contribution is 2.22. The average Bonchev–Trinajstić information content (AvgIpc) is 2.42. The highest BCUT2D eigenvalue weighted by atomic mass is 15.3. The molecule has 0 bridgehead atoms. The number of hydrazine groups is 1. The number of nitrogens with one attached hydrogen (secondary N) is 1. The fourth-order valence-electron chi connectivity index (χ4n) is 2.58. The van der Waals surface area contributed by atoms with Crippen LogP contribution in [0.5, 0.6) is 0 Å². The average molecular weight is 249 g/mol. The third-order valence-corrected chi connectivity index (χ3v) is 3.64. The van der Waals surface area contributed by atoms with Gasteiger partial charge in [0.05, 0.1) is 18.1 Å². The number of piperidine rings is 1. The quantitative estimate of drug-likeness (QED) is 0.615. The van der Waals surface area contributed by atoms with Gasteiger partial charge in [0.15, 0.2) is 5.82 Å². The summed E-state index contributed by atoms with van der Waals surface area (Å²) in [6, 6.07) is 0. The van der Waals surface area contributed by atoms with Gasteiger partial charge >= 0.3 is 0 Å². The van der Waals surface area contributed by atoms with Gasteiger partial charge in [-0.05, 0) is 31.8 Å². The molecule has 1 fully saturated rings. The van der Waals surface area contributed by atoms with E-state index in [9.17, 15) is 0 Å². The number of hydrogen-bond donors (Lipinski definition) is 2. The molecule has 1 saturated heterocycles. The van der Waals surface area contributed by atoms with Crippen molar-refractivity contribution < 1.29 is 0 Å². The largest absolute Gasteiger partial charge is 0.307 e. The maximum Gasteiger partial charge on any atom is 0.158 e. The molecule has 1 aromatic heterocycles. The lowest BCUT2D eigenvalue weighted by Gasteiger charge is -2.31. The Morgan fingerprint density at radius 2 is 2.11 bits per heavy atom. The Bertz CT molecular complexity index is 343. The topological polar surface area (TPSA) is 67.1 Å². The molecule has 0 unspecified atom stereocenters. The van der Waals surface area contributed by atoms with Gasteiger partial charge in [0.2, 0.25) is 0 Å². The number of hydrogen-bond acceptors (Lipinski definition) is 5. The summed E-state index contributed by atoms with van der Waals surface area (Å²) in [5.74, 6) is 6.81. The molecular weight excluding hydrogens is 226 g/mol. The Morgan fingerprint density at radius 1 is 1.33 bits per heavy atom. The zero-order valence-corrected chi connectivity index (χ0v) is 11.1. The second kappa shape index (κ2) is 6.66. The first-order valence-corrected chi connectivity index (χ1v) is 6.81. The van der Waals surface area contributed by atoms with Gasteiger partial charge in [-0.2, -0.15) is 0 Å². The molecule has 0 aliphatic carbocycles. The zero-order valence-electron chi connectivity index (χ0n) is 11.1. The molecule has 0 radical (unpaired) electrons. The molecule has 1 aliphatic heterocycles. The van der Waals surface area contributed by atoms with E-state index in [2.05, 4.69) is 27.2 Å². The monoisotopic (exact) mass is 249 g/mol. The van der Waals surface area contributed by atoms with Crippen molar-refractivity contribution in [2.45, 2.75) is 39.2 Å². The molecule has 18 heavy (non-hydrogen) atoms.